The molecule has 138 valence electrons. The van der Waals surface area contributed by atoms with Gasteiger partial charge in [-0.25, -0.2) is 0 Å². The molecule has 1 unspecified atom stereocenters. The van der Waals surface area contributed by atoms with Crippen LogP contribution in [0.3, 0.4) is 0 Å². The van der Waals surface area contributed by atoms with E-state index in [1.54, 1.807) is 18.9 Å². The highest BCUT2D eigenvalue weighted by atomic mass is 35.5. The summed E-state index contributed by atoms with van der Waals surface area (Å²) in [6.45, 7) is 4.25. The van der Waals surface area contributed by atoms with E-state index >= 15 is 0 Å². The zero-order chi connectivity index (χ0) is 18.1. The van der Waals surface area contributed by atoms with Gasteiger partial charge in [-0.1, -0.05) is 23.7 Å². The van der Waals surface area contributed by atoms with Crippen molar-refractivity contribution >= 4 is 23.2 Å². The lowest BCUT2D eigenvalue weighted by Crippen LogP contribution is -2.33. The van der Waals surface area contributed by atoms with Crippen LogP contribution in [0.4, 0.5) is 0 Å². The van der Waals surface area contributed by atoms with Gasteiger partial charge in [0.05, 0.1) is 18.9 Å². The molecule has 0 saturated carbocycles. The molecule has 0 aliphatic carbocycles. The van der Waals surface area contributed by atoms with E-state index in [-0.39, 0.29) is 12.2 Å². The van der Waals surface area contributed by atoms with Crippen LogP contribution >= 0.6 is 11.6 Å². The lowest BCUT2D eigenvalue weighted by molar-refractivity contribution is -0.163. The fourth-order valence-electron chi connectivity index (χ4n) is 2.60. The van der Waals surface area contributed by atoms with Crippen molar-refractivity contribution < 1.29 is 14.3 Å². The van der Waals surface area contributed by atoms with Gasteiger partial charge in [0, 0.05) is 25.2 Å². The molecule has 0 bridgehead atoms. The summed E-state index contributed by atoms with van der Waals surface area (Å²) < 4.78 is 11.2. The summed E-state index contributed by atoms with van der Waals surface area (Å²) in [7, 11) is 1.79. The van der Waals surface area contributed by atoms with E-state index in [0.29, 0.717) is 30.4 Å². The number of hydrogen-bond acceptors (Lipinski definition) is 4. The molecule has 1 aliphatic rings. The quantitative estimate of drug-likeness (QED) is 0.520. The van der Waals surface area contributed by atoms with E-state index in [9.17, 15) is 4.79 Å². The van der Waals surface area contributed by atoms with Crippen LogP contribution in [-0.4, -0.2) is 49.6 Å². The fourth-order valence-corrected chi connectivity index (χ4v) is 2.73. The maximum Gasteiger partial charge on any atom is 0.267 e. The van der Waals surface area contributed by atoms with Crippen molar-refractivity contribution in [3.8, 4) is 0 Å². The third kappa shape index (κ3) is 7.14. The highest BCUT2D eigenvalue weighted by Crippen LogP contribution is 2.14. The van der Waals surface area contributed by atoms with Crippen molar-refractivity contribution in [1.29, 1.82) is 0 Å². The van der Waals surface area contributed by atoms with Crippen molar-refractivity contribution in [3.05, 3.63) is 34.9 Å². The third-order valence-electron chi connectivity index (χ3n) is 4.15. The highest BCUT2D eigenvalue weighted by Gasteiger charge is 2.15. The van der Waals surface area contributed by atoms with Gasteiger partial charge in [0.2, 0.25) is 0 Å². The zero-order valence-electron chi connectivity index (χ0n) is 15.0. The van der Waals surface area contributed by atoms with Crippen molar-refractivity contribution in [2.24, 2.45) is 4.99 Å². The van der Waals surface area contributed by atoms with Crippen LogP contribution in [0.5, 0.6) is 0 Å². The molecule has 1 heterocycles. The third-order valence-corrected chi connectivity index (χ3v) is 4.40. The Bertz CT molecular complexity index is 569. The second-order valence-electron chi connectivity index (χ2n) is 6.28. The molecule has 5 nitrogen and oxygen atoms in total. The normalized spacial score (nSPS) is 18.2. The topological polar surface area (TPSA) is 51.1 Å². The molecular formula is C19H27ClN2O3. The first-order chi connectivity index (χ1) is 12.1. The van der Waals surface area contributed by atoms with E-state index in [0.717, 1.165) is 37.9 Å². The molecule has 25 heavy (non-hydrogen) atoms. The molecule has 1 aliphatic heterocycles. The molecule has 1 aromatic carbocycles. The molecule has 0 aromatic heterocycles. The minimum atomic E-state index is -0.0718. The Morgan fingerprint density at radius 1 is 1.36 bits per heavy atom. The first-order valence-electron chi connectivity index (χ1n) is 8.80. The summed E-state index contributed by atoms with van der Waals surface area (Å²) in [5, 5.41) is 0.695. The zero-order valence-corrected chi connectivity index (χ0v) is 15.8. The van der Waals surface area contributed by atoms with Gasteiger partial charge in [0.1, 0.15) is 0 Å². The van der Waals surface area contributed by atoms with Gasteiger partial charge >= 0.3 is 0 Å². The number of carbonyl (C=O) groups is 1. The second-order valence-corrected chi connectivity index (χ2v) is 6.71. The molecule has 0 N–H and O–H groups in total. The molecule has 1 atom stereocenters. The molecule has 1 saturated heterocycles. The maximum atomic E-state index is 12.3. The Morgan fingerprint density at radius 3 is 2.80 bits per heavy atom. The summed E-state index contributed by atoms with van der Waals surface area (Å²) >= 11 is 5.86. The summed E-state index contributed by atoms with van der Waals surface area (Å²) in [6, 6.07) is 7.48. The molecule has 0 radical (unpaired) electrons. The molecular weight excluding hydrogens is 340 g/mol. The van der Waals surface area contributed by atoms with Crippen molar-refractivity contribution in [2.45, 2.75) is 45.4 Å². The number of halogens is 1. The number of carbonyl (C=O) groups excluding carboxylic acids is 1. The van der Waals surface area contributed by atoms with Crippen LogP contribution in [0.25, 0.3) is 0 Å². The smallest absolute Gasteiger partial charge is 0.267 e. The Balaban J connectivity index is 1.68. The number of rotatable bonds is 8. The first-order valence-corrected chi connectivity index (χ1v) is 9.18. The molecule has 1 aromatic rings. The summed E-state index contributed by atoms with van der Waals surface area (Å²) in [4.78, 5) is 18.4. The predicted octanol–water partition coefficient (Wildman–Crippen LogP) is 3.69. The van der Waals surface area contributed by atoms with Gasteiger partial charge < -0.3 is 14.4 Å². The molecule has 2 rings (SSSR count). The lowest BCUT2D eigenvalue weighted by atomic mass is 10.2. The van der Waals surface area contributed by atoms with E-state index in [1.165, 1.54) is 0 Å². The Morgan fingerprint density at radius 2 is 2.12 bits per heavy atom. The summed E-state index contributed by atoms with van der Waals surface area (Å²) in [5.41, 5.74) is 1.54. The van der Waals surface area contributed by atoms with Gasteiger partial charge in [-0.3, -0.25) is 9.79 Å². The van der Waals surface area contributed by atoms with Gasteiger partial charge in [-0.15, -0.1) is 0 Å². The van der Waals surface area contributed by atoms with E-state index in [4.69, 9.17) is 21.1 Å². The van der Waals surface area contributed by atoms with E-state index in [2.05, 4.69) is 4.99 Å². The molecule has 1 amide bonds. The van der Waals surface area contributed by atoms with Crippen LogP contribution < -0.4 is 0 Å². The van der Waals surface area contributed by atoms with Crippen LogP contribution in [0, 0.1) is 0 Å². The van der Waals surface area contributed by atoms with Gasteiger partial charge in [-0.05, 0) is 50.3 Å². The molecule has 1 fully saturated rings. The van der Waals surface area contributed by atoms with E-state index in [1.807, 2.05) is 24.3 Å². The van der Waals surface area contributed by atoms with Gasteiger partial charge in [-0.2, -0.15) is 0 Å². The average Bonchev–Trinajstić information content (AvgIpc) is 2.64. The Hall–Kier alpha value is -1.43. The van der Waals surface area contributed by atoms with Crippen LogP contribution in [0.15, 0.2) is 29.3 Å². The minimum Gasteiger partial charge on any atom is -0.353 e. The van der Waals surface area contributed by atoms with Crippen LogP contribution in [-0.2, 0) is 20.8 Å². The second kappa shape index (κ2) is 10.5. The van der Waals surface area contributed by atoms with E-state index < -0.39 is 0 Å². The maximum absolute atomic E-state index is 12.3. The standard InChI is InChI=1S/C19H27ClN2O3/c1-15(21-14-16-7-9-17(20)10-8-16)19(23)22(2)11-5-13-25-18-6-3-4-12-24-18/h7-10,18H,3-6,11-14H2,1-2H3. The van der Waals surface area contributed by atoms with Crippen LogP contribution in [0.2, 0.25) is 5.02 Å². The number of amides is 1. The fraction of sp³-hybridized carbons (Fsp3) is 0.579. The summed E-state index contributed by atoms with van der Waals surface area (Å²) in [6.07, 6.45) is 3.95. The van der Waals surface area contributed by atoms with Crippen molar-refractivity contribution in [1.82, 2.24) is 4.90 Å². The van der Waals surface area contributed by atoms with Crippen LogP contribution in [0.1, 0.15) is 38.2 Å². The molecule has 0 spiro atoms. The number of nitrogens with zero attached hydrogens (tertiary/aromatic N) is 2. The number of ether oxygens (including phenoxy) is 2. The SMILES string of the molecule is CC(=NCc1ccc(Cl)cc1)C(=O)N(C)CCCOC1CCCCO1. The lowest BCUT2D eigenvalue weighted by Gasteiger charge is -2.23. The average molecular weight is 367 g/mol. The predicted molar refractivity (Wildman–Crippen MR) is 100 cm³/mol. The van der Waals surface area contributed by atoms with Crippen molar-refractivity contribution in [2.75, 3.05) is 26.8 Å². The largest absolute Gasteiger partial charge is 0.353 e. The van der Waals surface area contributed by atoms with Gasteiger partial charge in [0.15, 0.2) is 6.29 Å². The number of aliphatic imine (C=N–C) groups is 1. The van der Waals surface area contributed by atoms with Crippen molar-refractivity contribution in [3.63, 3.8) is 0 Å². The Kier molecular flexibility index (Phi) is 8.38. The minimum absolute atomic E-state index is 0.0529. The summed E-state index contributed by atoms with van der Waals surface area (Å²) in [5.74, 6) is -0.0529. The monoisotopic (exact) mass is 366 g/mol. The highest BCUT2D eigenvalue weighted by molar-refractivity contribution is 6.37. The molecule has 6 heteroatoms. The number of benzene rings is 1. The Labute approximate surface area is 155 Å². The first kappa shape index (κ1) is 19.9. The van der Waals surface area contributed by atoms with Gasteiger partial charge in [0.25, 0.3) is 5.91 Å². The number of hydrogen-bond donors (Lipinski definition) is 0.